The number of thiazole rings is 1. The van der Waals surface area contributed by atoms with Gasteiger partial charge in [0.2, 0.25) is 0 Å². The summed E-state index contributed by atoms with van der Waals surface area (Å²) in [5.74, 6) is 0.898. The summed E-state index contributed by atoms with van der Waals surface area (Å²) >= 11 is 5.18. The average Bonchev–Trinajstić information content (AvgIpc) is 2.59. The molecule has 0 fully saturated rings. The van der Waals surface area contributed by atoms with Crippen LogP contribution in [0.3, 0.4) is 0 Å². The molecular formula is C12H12BrNOS. The number of nitrogens with zero attached hydrogens (tertiary/aromatic N) is 1. The van der Waals surface area contributed by atoms with E-state index in [0.717, 1.165) is 25.8 Å². The van der Waals surface area contributed by atoms with Gasteiger partial charge in [0.1, 0.15) is 5.75 Å². The molecule has 0 atom stereocenters. The van der Waals surface area contributed by atoms with E-state index in [0.29, 0.717) is 6.61 Å². The van der Waals surface area contributed by atoms with Crippen LogP contribution in [0.4, 0.5) is 0 Å². The Morgan fingerprint density at radius 1 is 1.31 bits per heavy atom. The molecule has 84 valence electrons. The van der Waals surface area contributed by atoms with Gasteiger partial charge in [0, 0.05) is 5.56 Å². The van der Waals surface area contributed by atoms with Crippen molar-refractivity contribution in [1.29, 1.82) is 0 Å². The van der Waals surface area contributed by atoms with Gasteiger partial charge in [0.25, 0.3) is 0 Å². The van der Waals surface area contributed by atoms with Crippen LogP contribution in [0.2, 0.25) is 0 Å². The summed E-state index contributed by atoms with van der Waals surface area (Å²) in [5, 5.41) is 1.07. The molecule has 0 spiro atoms. The molecule has 1 heterocycles. The first-order valence-corrected chi connectivity index (χ1v) is 6.68. The maximum atomic E-state index is 5.40. The Hall–Kier alpha value is -0.870. The molecule has 0 N–H and O–H groups in total. The number of hydrogen-bond acceptors (Lipinski definition) is 3. The molecule has 0 saturated heterocycles. The molecule has 2 rings (SSSR count). The summed E-state index contributed by atoms with van der Waals surface area (Å²) < 4.78 is 6.48. The standard InChI is InChI=1S/C12H12BrNOS/c1-3-15-10-6-4-9(5-7-10)11-12(13)16-8(2)14-11/h4-7H,3H2,1-2H3. The fourth-order valence-corrected chi connectivity index (χ4v) is 3.13. The monoisotopic (exact) mass is 297 g/mol. The van der Waals surface area contributed by atoms with Crippen molar-refractivity contribution in [3.05, 3.63) is 33.1 Å². The lowest BCUT2D eigenvalue weighted by Gasteiger charge is -2.03. The number of benzene rings is 1. The van der Waals surface area contributed by atoms with Crippen LogP contribution in [-0.4, -0.2) is 11.6 Å². The van der Waals surface area contributed by atoms with Gasteiger partial charge < -0.3 is 4.74 Å². The molecule has 0 aliphatic heterocycles. The van der Waals surface area contributed by atoms with E-state index in [1.807, 2.05) is 38.1 Å². The first kappa shape index (κ1) is 11.6. The van der Waals surface area contributed by atoms with E-state index in [2.05, 4.69) is 20.9 Å². The third kappa shape index (κ3) is 2.44. The first-order chi connectivity index (χ1) is 7.70. The average molecular weight is 298 g/mol. The van der Waals surface area contributed by atoms with Crippen molar-refractivity contribution in [3.8, 4) is 17.0 Å². The highest BCUT2D eigenvalue weighted by molar-refractivity contribution is 9.11. The van der Waals surface area contributed by atoms with E-state index in [1.54, 1.807) is 11.3 Å². The number of ether oxygens (including phenoxy) is 1. The van der Waals surface area contributed by atoms with Crippen LogP contribution >= 0.6 is 27.3 Å². The summed E-state index contributed by atoms with van der Waals surface area (Å²) in [4.78, 5) is 4.49. The summed E-state index contributed by atoms with van der Waals surface area (Å²) in [7, 11) is 0. The second-order valence-electron chi connectivity index (χ2n) is 3.31. The van der Waals surface area contributed by atoms with Crippen LogP contribution in [-0.2, 0) is 0 Å². The Morgan fingerprint density at radius 2 is 2.00 bits per heavy atom. The van der Waals surface area contributed by atoms with Crippen LogP contribution in [0.15, 0.2) is 28.1 Å². The van der Waals surface area contributed by atoms with Crippen LogP contribution in [0.1, 0.15) is 11.9 Å². The van der Waals surface area contributed by atoms with E-state index in [-0.39, 0.29) is 0 Å². The van der Waals surface area contributed by atoms with E-state index >= 15 is 0 Å². The molecular weight excluding hydrogens is 286 g/mol. The van der Waals surface area contributed by atoms with Crippen molar-refractivity contribution in [3.63, 3.8) is 0 Å². The Morgan fingerprint density at radius 3 is 2.50 bits per heavy atom. The van der Waals surface area contributed by atoms with Crippen molar-refractivity contribution in [1.82, 2.24) is 4.98 Å². The maximum Gasteiger partial charge on any atom is 0.119 e. The SMILES string of the molecule is CCOc1ccc(-c2nc(C)sc2Br)cc1. The van der Waals surface area contributed by atoms with Gasteiger partial charge in [-0.2, -0.15) is 0 Å². The van der Waals surface area contributed by atoms with Crippen LogP contribution in [0.25, 0.3) is 11.3 Å². The van der Waals surface area contributed by atoms with Gasteiger partial charge in [0.15, 0.2) is 0 Å². The highest BCUT2D eigenvalue weighted by atomic mass is 79.9. The molecule has 0 amide bonds. The molecule has 1 aromatic heterocycles. The van der Waals surface area contributed by atoms with E-state index in [9.17, 15) is 0 Å². The van der Waals surface area contributed by atoms with Crippen molar-refractivity contribution in [2.45, 2.75) is 13.8 Å². The molecule has 0 aliphatic rings. The summed E-state index contributed by atoms with van der Waals surface area (Å²) in [6, 6.07) is 8.01. The van der Waals surface area contributed by atoms with E-state index in [1.165, 1.54) is 0 Å². The van der Waals surface area contributed by atoms with Gasteiger partial charge in [-0.1, -0.05) is 0 Å². The molecule has 0 bridgehead atoms. The van der Waals surface area contributed by atoms with Crippen molar-refractivity contribution in [2.75, 3.05) is 6.61 Å². The minimum atomic E-state index is 0.693. The zero-order valence-corrected chi connectivity index (χ0v) is 11.6. The molecule has 4 heteroatoms. The normalized spacial score (nSPS) is 10.4. The minimum Gasteiger partial charge on any atom is -0.494 e. The number of aromatic nitrogens is 1. The van der Waals surface area contributed by atoms with Gasteiger partial charge in [-0.25, -0.2) is 4.98 Å². The zero-order chi connectivity index (χ0) is 11.5. The molecule has 0 saturated carbocycles. The van der Waals surface area contributed by atoms with Crippen LogP contribution < -0.4 is 4.74 Å². The molecule has 2 nitrogen and oxygen atoms in total. The van der Waals surface area contributed by atoms with E-state index < -0.39 is 0 Å². The summed E-state index contributed by atoms with van der Waals surface area (Å²) in [6.45, 7) is 4.68. The lowest BCUT2D eigenvalue weighted by molar-refractivity contribution is 0.340. The van der Waals surface area contributed by atoms with Gasteiger partial charge >= 0.3 is 0 Å². The number of aryl methyl sites for hydroxylation is 1. The van der Waals surface area contributed by atoms with Gasteiger partial charge in [0.05, 0.1) is 21.1 Å². The van der Waals surface area contributed by atoms with Crippen LogP contribution in [0.5, 0.6) is 5.75 Å². The topological polar surface area (TPSA) is 22.1 Å². The number of rotatable bonds is 3. The molecule has 0 radical (unpaired) electrons. The third-order valence-electron chi connectivity index (χ3n) is 2.13. The molecule has 1 aromatic carbocycles. The molecule has 0 aliphatic carbocycles. The highest BCUT2D eigenvalue weighted by Crippen LogP contribution is 2.33. The Bertz CT molecular complexity index is 478. The Labute approximate surface area is 107 Å². The maximum absolute atomic E-state index is 5.40. The lowest BCUT2D eigenvalue weighted by atomic mass is 10.2. The first-order valence-electron chi connectivity index (χ1n) is 5.07. The summed E-state index contributed by atoms with van der Waals surface area (Å²) in [5.41, 5.74) is 2.12. The van der Waals surface area contributed by atoms with Crippen molar-refractivity contribution in [2.24, 2.45) is 0 Å². The second-order valence-corrected chi connectivity index (χ2v) is 5.83. The fourth-order valence-electron chi connectivity index (χ4n) is 1.46. The number of hydrogen-bond donors (Lipinski definition) is 0. The van der Waals surface area contributed by atoms with Crippen molar-refractivity contribution >= 4 is 27.3 Å². The van der Waals surface area contributed by atoms with E-state index in [4.69, 9.17) is 4.74 Å². The highest BCUT2D eigenvalue weighted by Gasteiger charge is 2.08. The van der Waals surface area contributed by atoms with Crippen LogP contribution in [0, 0.1) is 6.92 Å². The second kappa shape index (κ2) is 4.97. The minimum absolute atomic E-state index is 0.693. The molecule has 2 aromatic rings. The quantitative estimate of drug-likeness (QED) is 0.843. The summed E-state index contributed by atoms with van der Waals surface area (Å²) in [6.07, 6.45) is 0. The molecule has 16 heavy (non-hydrogen) atoms. The van der Waals surface area contributed by atoms with Gasteiger partial charge in [-0.3, -0.25) is 0 Å². The predicted molar refractivity (Wildman–Crippen MR) is 71.2 cm³/mol. The van der Waals surface area contributed by atoms with Gasteiger partial charge in [-0.15, -0.1) is 11.3 Å². The molecule has 0 unspecified atom stereocenters. The zero-order valence-electron chi connectivity index (χ0n) is 9.16. The number of halogens is 1. The predicted octanol–water partition coefficient (Wildman–Crippen LogP) is 4.28. The van der Waals surface area contributed by atoms with Gasteiger partial charge in [-0.05, 0) is 54.0 Å². The third-order valence-corrected chi connectivity index (χ3v) is 3.75. The largest absolute Gasteiger partial charge is 0.494 e. The lowest BCUT2D eigenvalue weighted by Crippen LogP contribution is -1.90. The fraction of sp³-hybridized carbons (Fsp3) is 0.250. The smallest absolute Gasteiger partial charge is 0.119 e. The Balaban J connectivity index is 2.31. The Kier molecular flexibility index (Phi) is 3.61. The van der Waals surface area contributed by atoms with Crippen molar-refractivity contribution < 1.29 is 4.74 Å².